The number of rotatable bonds is 9. The van der Waals surface area contributed by atoms with Gasteiger partial charge in [0.1, 0.15) is 5.82 Å². The van der Waals surface area contributed by atoms with Gasteiger partial charge in [0.2, 0.25) is 5.95 Å². The van der Waals surface area contributed by atoms with Gasteiger partial charge >= 0.3 is 0 Å². The van der Waals surface area contributed by atoms with Crippen molar-refractivity contribution in [3.05, 3.63) is 64.8 Å². The summed E-state index contributed by atoms with van der Waals surface area (Å²) in [5.41, 5.74) is 16.5. The molecule has 0 aliphatic heterocycles. The van der Waals surface area contributed by atoms with Crippen LogP contribution in [-0.2, 0) is 17.9 Å². The Morgan fingerprint density at radius 2 is 1.70 bits per heavy atom. The molecule has 0 atom stereocenters. The molecule has 0 spiro atoms. The molecular weight excluding hydrogens is 398 g/mol. The first-order valence-corrected chi connectivity index (χ1v) is 10.4. The van der Waals surface area contributed by atoms with Gasteiger partial charge in [0.05, 0.1) is 12.3 Å². The minimum absolute atomic E-state index is 0.153. The van der Waals surface area contributed by atoms with Gasteiger partial charge in [-0.25, -0.2) is 4.98 Å². The molecule has 158 valence electrons. The van der Waals surface area contributed by atoms with E-state index in [1.807, 2.05) is 48.5 Å². The van der Waals surface area contributed by atoms with Crippen LogP contribution in [0.5, 0.6) is 0 Å². The topological polar surface area (TPSA) is 99.1 Å². The lowest BCUT2D eigenvalue weighted by Crippen LogP contribution is -2.09. The summed E-state index contributed by atoms with van der Waals surface area (Å²) in [6, 6.07) is 15.8. The highest BCUT2D eigenvalue weighted by Gasteiger charge is 2.14. The first-order chi connectivity index (χ1) is 14.4. The van der Waals surface area contributed by atoms with Crippen LogP contribution in [0.1, 0.15) is 31.5 Å². The minimum atomic E-state index is 0.153. The molecule has 0 bridgehead atoms. The van der Waals surface area contributed by atoms with Crippen LogP contribution in [0.3, 0.4) is 0 Å². The van der Waals surface area contributed by atoms with E-state index in [0.717, 1.165) is 33.8 Å². The number of nitrogen functional groups attached to an aromatic ring is 2. The second-order valence-electron chi connectivity index (χ2n) is 7.58. The van der Waals surface area contributed by atoms with E-state index in [1.54, 1.807) is 0 Å². The van der Waals surface area contributed by atoms with Crippen LogP contribution in [0.15, 0.2) is 48.5 Å². The molecular formula is C23H28ClN5O. The maximum Gasteiger partial charge on any atom is 0.222 e. The molecule has 1 aromatic heterocycles. The number of benzene rings is 2. The third-order valence-corrected chi connectivity index (χ3v) is 4.94. The Kier molecular flexibility index (Phi) is 7.49. The molecule has 3 rings (SSSR count). The molecule has 0 radical (unpaired) electrons. The van der Waals surface area contributed by atoms with E-state index in [1.165, 1.54) is 0 Å². The van der Waals surface area contributed by atoms with E-state index in [9.17, 15) is 0 Å². The summed E-state index contributed by atoms with van der Waals surface area (Å²) < 4.78 is 5.80. The number of nitrogens with one attached hydrogen (secondary N) is 1. The predicted octanol–water partition coefficient (Wildman–Crippen LogP) is 5.14. The Balaban J connectivity index is 1.72. The number of ether oxygens (including phenoxy) is 1. The van der Waals surface area contributed by atoms with Crippen molar-refractivity contribution in [2.45, 2.75) is 33.4 Å². The zero-order valence-corrected chi connectivity index (χ0v) is 18.1. The van der Waals surface area contributed by atoms with E-state index in [2.05, 4.69) is 29.1 Å². The average molecular weight is 426 g/mol. The molecule has 0 aliphatic carbocycles. The van der Waals surface area contributed by atoms with Crippen molar-refractivity contribution in [3.63, 3.8) is 0 Å². The van der Waals surface area contributed by atoms with Crippen LogP contribution in [0.4, 0.5) is 17.5 Å². The molecule has 1 heterocycles. The van der Waals surface area contributed by atoms with Gasteiger partial charge < -0.3 is 21.5 Å². The van der Waals surface area contributed by atoms with E-state index in [4.69, 9.17) is 27.8 Å². The molecule has 30 heavy (non-hydrogen) atoms. The van der Waals surface area contributed by atoms with Crippen LogP contribution < -0.4 is 16.8 Å². The van der Waals surface area contributed by atoms with Gasteiger partial charge in [0.25, 0.3) is 0 Å². The summed E-state index contributed by atoms with van der Waals surface area (Å²) >= 11 is 5.94. The van der Waals surface area contributed by atoms with Crippen LogP contribution in [0.2, 0.25) is 5.02 Å². The van der Waals surface area contributed by atoms with E-state index >= 15 is 0 Å². The molecule has 0 unspecified atom stereocenters. The molecule has 3 aromatic rings. The molecule has 0 aliphatic rings. The second kappa shape index (κ2) is 10.3. The fraction of sp³-hybridized carbons (Fsp3) is 0.304. The van der Waals surface area contributed by atoms with Gasteiger partial charge in [-0.1, -0.05) is 49.7 Å². The Morgan fingerprint density at radius 3 is 2.37 bits per heavy atom. The number of aromatic nitrogens is 2. The first-order valence-electron chi connectivity index (χ1n) is 10.0. The van der Waals surface area contributed by atoms with E-state index < -0.39 is 0 Å². The minimum Gasteiger partial charge on any atom is -0.383 e. The number of nitrogens with zero attached hydrogens (tertiary/aromatic N) is 2. The smallest absolute Gasteiger partial charge is 0.222 e. The third-order valence-electron chi connectivity index (χ3n) is 4.69. The van der Waals surface area contributed by atoms with E-state index in [-0.39, 0.29) is 5.95 Å². The number of nitrogens with two attached hydrogens (primary N) is 2. The normalized spacial score (nSPS) is 11.1. The van der Waals surface area contributed by atoms with Crippen molar-refractivity contribution in [2.75, 3.05) is 23.4 Å². The van der Waals surface area contributed by atoms with Gasteiger partial charge in [0.15, 0.2) is 0 Å². The molecule has 5 N–H and O–H groups in total. The monoisotopic (exact) mass is 425 g/mol. The van der Waals surface area contributed by atoms with Crippen molar-refractivity contribution >= 4 is 29.1 Å². The maximum atomic E-state index is 6.18. The van der Waals surface area contributed by atoms with Crippen LogP contribution in [0.25, 0.3) is 11.1 Å². The highest BCUT2D eigenvalue weighted by atomic mass is 35.5. The average Bonchev–Trinajstić information content (AvgIpc) is 2.71. The highest BCUT2D eigenvalue weighted by molar-refractivity contribution is 6.30. The first kappa shape index (κ1) is 21.9. The van der Waals surface area contributed by atoms with Crippen molar-refractivity contribution in [2.24, 2.45) is 5.92 Å². The quantitative estimate of drug-likeness (QED) is 0.410. The van der Waals surface area contributed by atoms with Crippen LogP contribution in [-0.4, -0.2) is 16.6 Å². The zero-order valence-electron chi connectivity index (χ0n) is 17.4. The number of anilines is 3. The Hall–Kier alpha value is -2.83. The summed E-state index contributed by atoms with van der Waals surface area (Å²) in [6.45, 7) is 6.04. The van der Waals surface area contributed by atoms with E-state index in [0.29, 0.717) is 37.2 Å². The van der Waals surface area contributed by atoms with Crippen molar-refractivity contribution in [3.8, 4) is 11.1 Å². The summed E-state index contributed by atoms with van der Waals surface area (Å²) in [5.74, 6) is 1.09. The Labute approximate surface area is 182 Å². The third kappa shape index (κ3) is 6.08. The van der Waals surface area contributed by atoms with Gasteiger partial charge in [-0.15, -0.1) is 0 Å². The Morgan fingerprint density at radius 1 is 1.00 bits per heavy atom. The van der Waals surface area contributed by atoms with Gasteiger partial charge in [-0.05, 0) is 47.7 Å². The zero-order chi connectivity index (χ0) is 21.5. The summed E-state index contributed by atoms with van der Waals surface area (Å²) in [5, 5.41) is 4.13. The summed E-state index contributed by atoms with van der Waals surface area (Å²) in [7, 11) is 0. The fourth-order valence-corrected chi connectivity index (χ4v) is 3.14. The van der Waals surface area contributed by atoms with Gasteiger partial charge in [-0.2, -0.15) is 4.98 Å². The molecule has 7 heteroatoms. The summed E-state index contributed by atoms with van der Waals surface area (Å²) in [6.07, 6.45) is 0.985. The number of hydrogen-bond acceptors (Lipinski definition) is 6. The second-order valence-corrected chi connectivity index (χ2v) is 8.02. The molecule has 0 saturated heterocycles. The highest BCUT2D eigenvalue weighted by Crippen LogP contribution is 2.30. The van der Waals surface area contributed by atoms with Gasteiger partial charge in [-0.3, -0.25) is 0 Å². The molecule has 0 amide bonds. The molecule has 6 nitrogen and oxygen atoms in total. The van der Waals surface area contributed by atoms with Crippen LogP contribution in [0, 0.1) is 5.92 Å². The summed E-state index contributed by atoms with van der Waals surface area (Å²) in [4.78, 5) is 8.50. The largest absolute Gasteiger partial charge is 0.383 e. The standard InChI is InChI=1S/C23H28ClN5O/c1-15(2)11-12-30-14-20-21(22(25)29-23(26)28-20)17-5-9-19(10-6-17)27-13-16-3-7-18(24)8-4-16/h3-10,15,27H,11-14H2,1-2H3,(H4,25,26,28,29). The Bertz CT molecular complexity index is 959. The van der Waals surface area contributed by atoms with Gasteiger partial charge in [0, 0.05) is 29.4 Å². The lowest BCUT2D eigenvalue weighted by Gasteiger charge is -2.14. The predicted molar refractivity (Wildman–Crippen MR) is 124 cm³/mol. The number of halogens is 1. The SMILES string of the molecule is CC(C)CCOCc1nc(N)nc(N)c1-c1ccc(NCc2ccc(Cl)cc2)cc1. The maximum absolute atomic E-state index is 6.18. The fourth-order valence-electron chi connectivity index (χ4n) is 3.01. The lowest BCUT2D eigenvalue weighted by atomic mass is 10.0. The molecule has 0 saturated carbocycles. The lowest BCUT2D eigenvalue weighted by molar-refractivity contribution is 0.108. The molecule has 0 fully saturated rings. The van der Waals surface area contributed by atoms with Crippen molar-refractivity contribution < 1.29 is 4.74 Å². The molecule has 2 aromatic carbocycles. The van der Waals surface area contributed by atoms with Crippen LogP contribution >= 0.6 is 11.6 Å². The van der Waals surface area contributed by atoms with Crippen molar-refractivity contribution in [1.29, 1.82) is 0 Å². The number of hydrogen-bond donors (Lipinski definition) is 3. The van der Waals surface area contributed by atoms with Crippen molar-refractivity contribution in [1.82, 2.24) is 9.97 Å².